The van der Waals surface area contributed by atoms with Crippen molar-refractivity contribution in [3.05, 3.63) is 35.3 Å². The second-order valence-electron chi connectivity index (χ2n) is 5.25. The maximum Gasteiger partial charge on any atom is 0.123 e. The van der Waals surface area contributed by atoms with E-state index in [1.807, 2.05) is 19.1 Å². The van der Waals surface area contributed by atoms with Gasteiger partial charge in [0, 0.05) is 16.4 Å². The van der Waals surface area contributed by atoms with Crippen LogP contribution in [-0.2, 0) is 5.41 Å². The van der Waals surface area contributed by atoms with Crippen molar-refractivity contribution in [2.24, 2.45) is 0 Å². The summed E-state index contributed by atoms with van der Waals surface area (Å²) >= 11 is 1.69. The summed E-state index contributed by atoms with van der Waals surface area (Å²) in [4.78, 5) is 4.72. The summed E-state index contributed by atoms with van der Waals surface area (Å²) in [5.41, 5.74) is 2.37. The SMILES string of the molecule is CCOc1cccc(-c2nc(C(C)(C)C)cs2)c1. The van der Waals surface area contributed by atoms with Crippen molar-refractivity contribution in [2.75, 3.05) is 6.61 Å². The Morgan fingerprint density at radius 2 is 2.06 bits per heavy atom. The van der Waals surface area contributed by atoms with Crippen molar-refractivity contribution in [3.8, 4) is 16.3 Å². The Morgan fingerprint density at radius 3 is 2.67 bits per heavy atom. The van der Waals surface area contributed by atoms with Gasteiger partial charge in [-0.05, 0) is 19.1 Å². The highest BCUT2D eigenvalue weighted by molar-refractivity contribution is 7.13. The van der Waals surface area contributed by atoms with Crippen LogP contribution in [0, 0.1) is 0 Å². The van der Waals surface area contributed by atoms with Crippen LogP contribution in [0.4, 0.5) is 0 Å². The van der Waals surface area contributed by atoms with Gasteiger partial charge in [0.05, 0.1) is 12.3 Å². The number of thiazole rings is 1. The molecule has 0 spiro atoms. The molecule has 0 bridgehead atoms. The van der Waals surface area contributed by atoms with Crippen LogP contribution in [0.1, 0.15) is 33.4 Å². The van der Waals surface area contributed by atoms with Gasteiger partial charge in [0.2, 0.25) is 0 Å². The van der Waals surface area contributed by atoms with Gasteiger partial charge in [0.1, 0.15) is 10.8 Å². The first-order chi connectivity index (χ1) is 8.50. The first-order valence-electron chi connectivity index (χ1n) is 6.20. The van der Waals surface area contributed by atoms with E-state index in [0.29, 0.717) is 6.61 Å². The van der Waals surface area contributed by atoms with Crippen LogP contribution >= 0.6 is 11.3 Å². The van der Waals surface area contributed by atoms with Gasteiger partial charge in [-0.1, -0.05) is 32.9 Å². The number of aromatic nitrogens is 1. The highest BCUT2D eigenvalue weighted by Crippen LogP contribution is 2.31. The second-order valence-corrected chi connectivity index (χ2v) is 6.11. The fraction of sp³-hybridized carbons (Fsp3) is 0.400. The van der Waals surface area contributed by atoms with E-state index in [2.05, 4.69) is 38.3 Å². The quantitative estimate of drug-likeness (QED) is 0.811. The summed E-state index contributed by atoms with van der Waals surface area (Å²) in [6.45, 7) is 9.23. The lowest BCUT2D eigenvalue weighted by Crippen LogP contribution is -2.11. The second kappa shape index (κ2) is 5.11. The highest BCUT2D eigenvalue weighted by atomic mass is 32.1. The Balaban J connectivity index is 2.31. The molecule has 0 saturated carbocycles. The zero-order valence-electron chi connectivity index (χ0n) is 11.4. The molecule has 0 saturated heterocycles. The normalized spacial score (nSPS) is 11.6. The van der Waals surface area contributed by atoms with Gasteiger partial charge >= 0.3 is 0 Å². The van der Waals surface area contributed by atoms with Gasteiger partial charge < -0.3 is 4.74 Å². The maximum atomic E-state index is 5.52. The molecule has 1 aromatic heterocycles. The Hall–Kier alpha value is -1.35. The molecular weight excluding hydrogens is 242 g/mol. The smallest absolute Gasteiger partial charge is 0.123 e. The molecule has 0 atom stereocenters. The molecule has 0 amide bonds. The monoisotopic (exact) mass is 261 g/mol. The summed E-state index contributed by atoms with van der Waals surface area (Å²) in [5.74, 6) is 0.905. The van der Waals surface area contributed by atoms with Crippen LogP contribution in [0.25, 0.3) is 10.6 Å². The summed E-state index contributed by atoms with van der Waals surface area (Å²) in [7, 11) is 0. The summed E-state index contributed by atoms with van der Waals surface area (Å²) < 4.78 is 5.52. The fourth-order valence-electron chi connectivity index (χ4n) is 1.64. The molecule has 0 radical (unpaired) electrons. The van der Waals surface area contributed by atoms with E-state index in [9.17, 15) is 0 Å². The van der Waals surface area contributed by atoms with E-state index >= 15 is 0 Å². The minimum atomic E-state index is 0.103. The largest absolute Gasteiger partial charge is 0.494 e. The average molecular weight is 261 g/mol. The summed E-state index contributed by atoms with van der Waals surface area (Å²) in [6.07, 6.45) is 0. The van der Waals surface area contributed by atoms with Gasteiger partial charge in [0.15, 0.2) is 0 Å². The van der Waals surface area contributed by atoms with Gasteiger partial charge in [-0.3, -0.25) is 0 Å². The minimum absolute atomic E-state index is 0.103. The lowest BCUT2D eigenvalue weighted by Gasteiger charge is -2.14. The lowest BCUT2D eigenvalue weighted by atomic mass is 9.93. The predicted octanol–water partition coefficient (Wildman–Crippen LogP) is 4.51. The fourth-order valence-corrected chi connectivity index (χ4v) is 2.68. The van der Waals surface area contributed by atoms with E-state index in [4.69, 9.17) is 9.72 Å². The van der Waals surface area contributed by atoms with E-state index in [0.717, 1.165) is 22.0 Å². The molecule has 2 nitrogen and oxygen atoms in total. The maximum absolute atomic E-state index is 5.52. The van der Waals surface area contributed by atoms with Crippen molar-refractivity contribution in [2.45, 2.75) is 33.1 Å². The topological polar surface area (TPSA) is 22.1 Å². The van der Waals surface area contributed by atoms with Crippen LogP contribution in [0.15, 0.2) is 29.6 Å². The number of ether oxygens (including phenoxy) is 1. The molecule has 0 N–H and O–H groups in total. The Bertz CT molecular complexity index is 525. The van der Waals surface area contributed by atoms with Gasteiger partial charge in [-0.2, -0.15) is 0 Å². The first kappa shape index (κ1) is 13.1. The number of benzene rings is 1. The van der Waals surface area contributed by atoms with Crippen LogP contribution in [0.3, 0.4) is 0 Å². The number of hydrogen-bond acceptors (Lipinski definition) is 3. The number of nitrogens with zero attached hydrogens (tertiary/aromatic N) is 1. The van der Waals surface area contributed by atoms with E-state index < -0.39 is 0 Å². The van der Waals surface area contributed by atoms with Crippen molar-refractivity contribution in [1.82, 2.24) is 4.98 Å². The first-order valence-corrected chi connectivity index (χ1v) is 7.08. The lowest BCUT2D eigenvalue weighted by molar-refractivity contribution is 0.340. The predicted molar refractivity (Wildman–Crippen MR) is 77.4 cm³/mol. The highest BCUT2D eigenvalue weighted by Gasteiger charge is 2.17. The van der Waals surface area contributed by atoms with Crippen molar-refractivity contribution in [3.63, 3.8) is 0 Å². The zero-order chi connectivity index (χ0) is 13.2. The molecule has 18 heavy (non-hydrogen) atoms. The Kier molecular flexibility index (Phi) is 3.71. The Labute approximate surface area is 113 Å². The van der Waals surface area contributed by atoms with Crippen LogP contribution in [-0.4, -0.2) is 11.6 Å². The molecule has 0 fully saturated rings. The number of rotatable bonds is 3. The third kappa shape index (κ3) is 2.91. The zero-order valence-corrected chi connectivity index (χ0v) is 12.2. The third-order valence-electron chi connectivity index (χ3n) is 2.66. The minimum Gasteiger partial charge on any atom is -0.494 e. The molecule has 96 valence electrons. The third-order valence-corrected chi connectivity index (χ3v) is 3.56. The number of hydrogen-bond donors (Lipinski definition) is 0. The summed E-state index contributed by atoms with van der Waals surface area (Å²) in [6, 6.07) is 8.12. The molecule has 1 heterocycles. The molecule has 0 aliphatic rings. The molecule has 3 heteroatoms. The van der Waals surface area contributed by atoms with E-state index in [1.165, 1.54) is 0 Å². The van der Waals surface area contributed by atoms with Gasteiger partial charge in [-0.15, -0.1) is 11.3 Å². The standard InChI is InChI=1S/C15H19NOS/c1-5-17-12-8-6-7-11(9-12)14-16-13(10-18-14)15(2,3)4/h6-10H,5H2,1-4H3. The van der Waals surface area contributed by atoms with Crippen LogP contribution in [0.2, 0.25) is 0 Å². The van der Waals surface area contributed by atoms with Gasteiger partial charge in [-0.25, -0.2) is 4.98 Å². The molecule has 0 unspecified atom stereocenters. The summed E-state index contributed by atoms with van der Waals surface area (Å²) in [5, 5.41) is 3.20. The van der Waals surface area contributed by atoms with Gasteiger partial charge in [0.25, 0.3) is 0 Å². The molecule has 2 rings (SSSR count). The van der Waals surface area contributed by atoms with Crippen molar-refractivity contribution in [1.29, 1.82) is 0 Å². The molecule has 2 aromatic rings. The molecular formula is C15H19NOS. The molecule has 0 aliphatic carbocycles. The van der Waals surface area contributed by atoms with Crippen molar-refractivity contribution >= 4 is 11.3 Å². The Morgan fingerprint density at radius 1 is 1.28 bits per heavy atom. The van der Waals surface area contributed by atoms with E-state index in [1.54, 1.807) is 11.3 Å². The molecule has 0 aliphatic heterocycles. The van der Waals surface area contributed by atoms with Crippen molar-refractivity contribution < 1.29 is 4.74 Å². The molecule has 1 aromatic carbocycles. The average Bonchev–Trinajstić information content (AvgIpc) is 2.78. The van der Waals surface area contributed by atoms with Crippen LogP contribution in [0.5, 0.6) is 5.75 Å². The van der Waals surface area contributed by atoms with Crippen LogP contribution < -0.4 is 4.74 Å². The van der Waals surface area contributed by atoms with E-state index in [-0.39, 0.29) is 5.41 Å².